The van der Waals surface area contributed by atoms with Crippen LogP contribution in [0.25, 0.3) is 0 Å². The van der Waals surface area contributed by atoms with Gasteiger partial charge in [-0.25, -0.2) is 13.6 Å². The number of carbonyl (C=O) groups excluding carboxylic acids is 2. The Morgan fingerprint density at radius 2 is 1.83 bits per heavy atom. The van der Waals surface area contributed by atoms with E-state index in [1.807, 2.05) is 29.2 Å². The predicted octanol–water partition coefficient (Wildman–Crippen LogP) is 3.63. The number of β-lactam (4-membered cyclic amide) rings is 1. The number of amides is 3. The van der Waals surface area contributed by atoms with Gasteiger partial charge >= 0.3 is 6.03 Å². The maximum atomic E-state index is 13.8. The molecule has 0 unspecified atom stereocenters. The third-order valence-electron chi connectivity index (χ3n) is 5.95. The molecule has 0 radical (unpaired) electrons. The molecule has 2 saturated heterocycles. The van der Waals surface area contributed by atoms with Crippen molar-refractivity contribution in [3.05, 3.63) is 59.7 Å². The zero-order valence-electron chi connectivity index (χ0n) is 16.7. The smallest absolute Gasteiger partial charge is 0.321 e. The Morgan fingerprint density at radius 3 is 2.43 bits per heavy atom. The van der Waals surface area contributed by atoms with Gasteiger partial charge in [0, 0.05) is 32.2 Å². The van der Waals surface area contributed by atoms with Crippen molar-refractivity contribution < 1.29 is 23.1 Å². The summed E-state index contributed by atoms with van der Waals surface area (Å²) in [5.74, 6) is -0.632. The molecule has 2 aliphatic rings. The molecule has 8 heteroatoms. The van der Waals surface area contributed by atoms with Crippen LogP contribution in [0.15, 0.2) is 42.5 Å². The Kier molecular flexibility index (Phi) is 5.32. The van der Waals surface area contributed by atoms with Gasteiger partial charge in [-0.2, -0.15) is 0 Å². The van der Waals surface area contributed by atoms with Crippen molar-refractivity contribution >= 4 is 17.6 Å². The minimum Gasteiger partial charge on any atom is -0.497 e. The lowest BCUT2D eigenvalue weighted by molar-refractivity contribution is -0.165. The third-order valence-corrected chi connectivity index (χ3v) is 5.95. The van der Waals surface area contributed by atoms with E-state index in [-0.39, 0.29) is 11.6 Å². The lowest BCUT2D eigenvalue weighted by atomic mass is 9.71. The van der Waals surface area contributed by atoms with Crippen LogP contribution in [0.2, 0.25) is 0 Å². The zero-order chi connectivity index (χ0) is 21.3. The molecule has 2 aromatic carbocycles. The number of nitrogens with one attached hydrogen (secondary N) is 1. The average molecular weight is 415 g/mol. The van der Waals surface area contributed by atoms with Crippen molar-refractivity contribution in [3.63, 3.8) is 0 Å². The fourth-order valence-electron chi connectivity index (χ4n) is 4.12. The zero-order valence-corrected chi connectivity index (χ0v) is 16.7. The molecule has 0 saturated carbocycles. The summed E-state index contributed by atoms with van der Waals surface area (Å²) in [4.78, 5) is 28.6. The molecule has 2 heterocycles. The highest BCUT2D eigenvalue weighted by atomic mass is 19.1. The molecule has 4 rings (SSSR count). The number of rotatable bonds is 4. The third kappa shape index (κ3) is 3.81. The van der Waals surface area contributed by atoms with Gasteiger partial charge in [0.05, 0.1) is 18.2 Å². The second kappa shape index (κ2) is 7.93. The number of carbonyl (C=O) groups is 2. The van der Waals surface area contributed by atoms with E-state index in [0.29, 0.717) is 39.0 Å². The SMILES string of the molecule is COc1ccc(CN2CC3(CCN(C(=O)Nc4ccc(F)cc4F)CC3)C2=O)cc1. The highest BCUT2D eigenvalue weighted by molar-refractivity contribution is 5.91. The first-order valence-corrected chi connectivity index (χ1v) is 9.83. The van der Waals surface area contributed by atoms with Crippen LogP contribution < -0.4 is 10.1 Å². The lowest BCUT2D eigenvalue weighted by Gasteiger charge is -2.52. The lowest BCUT2D eigenvalue weighted by Crippen LogP contribution is -2.64. The molecule has 6 nitrogen and oxygen atoms in total. The molecule has 2 aliphatic heterocycles. The quantitative estimate of drug-likeness (QED) is 0.776. The van der Waals surface area contributed by atoms with Crippen LogP contribution in [0, 0.1) is 17.0 Å². The van der Waals surface area contributed by atoms with E-state index in [1.54, 1.807) is 12.0 Å². The highest BCUT2D eigenvalue weighted by Crippen LogP contribution is 2.42. The maximum Gasteiger partial charge on any atom is 0.321 e. The number of nitrogens with zero attached hydrogens (tertiary/aromatic N) is 2. The van der Waals surface area contributed by atoms with E-state index >= 15 is 0 Å². The van der Waals surface area contributed by atoms with Gasteiger partial charge in [0.2, 0.25) is 5.91 Å². The average Bonchev–Trinajstić information content (AvgIpc) is 2.76. The standard InChI is InChI=1S/C22H23F2N3O3/c1-30-17-5-2-15(3-6-17)13-27-14-22(20(27)28)8-10-26(11-9-22)21(29)25-19-7-4-16(23)12-18(19)24/h2-7,12H,8-11,13-14H2,1H3,(H,25,29). The molecule has 158 valence electrons. The summed E-state index contributed by atoms with van der Waals surface area (Å²) in [6.07, 6.45) is 1.15. The molecule has 2 fully saturated rings. The number of benzene rings is 2. The molecule has 1 N–H and O–H groups in total. The number of methoxy groups -OCH3 is 1. The summed E-state index contributed by atoms with van der Waals surface area (Å²) < 4.78 is 31.9. The normalized spacial score (nSPS) is 17.6. The molecule has 0 bridgehead atoms. The van der Waals surface area contributed by atoms with Crippen molar-refractivity contribution in [1.29, 1.82) is 0 Å². The number of anilines is 1. The molecule has 0 atom stereocenters. The van der Waals surface area contributed by atoms with Crippen molar-refractivity contribution in [1.82, 2.24) is 9.80 Å². The summed E-state index contributed by atoms with van der Waals surface area (Å²) in [7, 11) is 1.61. The van der Waals surface area contributed by atoms with Gasteiger partial charge in [0.1, 0.15) is 17.4 Å². The van der Waals surface area contributed by atoms with Crippen molar-refractivity contribution in [2.75, 3.05) is 32.1 Å². The monoisotopic (exact) mass is 415 g/mol. The fourth-order valence-corrected chi connectivity index (χ4v) is 4.12. The number of hydrogen-bond donors (Lipinski definition) is 1. The van der Waals surface area contributed by atoms with Gasteiger partial charge in [0.25, 0.3) is 0 Å². The van der Waals surface area contributed by atoms with Crippen LogP contribution in [0.3, 0.4) is 0 Å². The van der Waals surface area contributed by atoms with Crippen LogP contribution in [0.4, 0.5) is 19.3 Å². The molecule has 3 amide bonds. The number of likely N-dealkylation sites (tertiary alicyclic amines) is 2. The van der Waals surface area contributed by atoms with E-state index in [9.17, 15) is 18.4 Å². The summed E-state index contributed by atoms with van der Waals surface area (Å²) in [5, 5.41) is 2.47. The molecule has 30 heavy (non-hydrogen) atoms. The van der Waals surface area contributed by atoms with Crippen LogP contribution in [0.5, 0.6) is 5.75 Å². The Bertz CT molecular complexity index is 957. The number of urea groups is 1. The van der Waals surface area contributed by atoms with Gasteiger partial charge in [-0.15, -0.1) is 0 Å². The molecule has 1 spiro atoms. The molecule has 0 aromatic heterocycles. The van der Waals surface area contributed by atoms with E-state index in [0.717, 1.165) is 23.4 Å². The van der Waals surface area contributed by atoms with Gasteiger partial charge < -0.3 is 19.9 Å². The van der Waals surface area contributed by atoms with Crippen molar-refractivity contribution in [3.8, 4) is 5.75 Å². The Labute approximate surface area is 173 Å². The second-order valence-electron chi connectivity index (χ2n) is 7.83. The predicted molar refractivity (Wildman–Crippen MR) is 107 cm³/mol. The Morgan fingerprint density at radius 1 is 1.13 bits per heavy atom. The summed E-state index contributed by atoms with van der Waals surface area (Å²) in [6.45, 7) is 2.05. The first-order valence-electron chi connectivity index (χ1n) is 9.83. The van der Waals surface area contributed by atoms with Crippen LogP contribution >= 0.6 is 0 Å². The van der Waals surface area contributed by atoms with Gasteiger partial charge in [-0.3, -0.25) is 4.79 Å². The maximum absolute atomic E-state index is 13.8. The second-order valence-corrected chi connectivity index (χ2v) is 7.83. The summed E-state index contributed by atoms with van der Waals surface area (Å²) in [5.41, 5.74) is 0.564. The summed E-state index contributed by atoms with van der Waals surface area (Å²) >= 11 is 0. The van der Waals surface area contributed by atoms with Crippen molar-refractivity contribution in [2.24, 2.45) is 5.41 Å². The number of halogens is 2. The van der Waals surface area contributed by atoms with Crippen LogP contribution in [-0.4, -0.2) is 48.5 Å². The number of ether oxygens (including phenoxy) is 1. The molecular formula is C22H23F2N3O3. The van der Waals surface area contributed by atoms with E-state index in [1.165, 1.54) is 6.07 Å². The summed E-state index contributed by atoms with van der Waals surface area (Å²) in [6, 6.07) is 10.2. The molecule has 0 aliphatic carbocycles. The Hall–Kier alpha value is -3.16. The van der Waals surface area contributed by atoms with Gasteiger partial charge in [-0.05, 0) is 42.7 Å². The topological polar surface area (TPSA) is 61.9 Å². The fraction of sp³-hybridized carbons (Fsp3) is 0.364. The van der Waals surface area contributed by atoms with E-state index < -0.39 is 23.1 Å². The minimum absolute atomic E-state index is 0.0629. The van der Waals surface area contributed by atoms with Crippen LogP contribution in [-0.2, 0) is 11.3 Å². The molecule has 2 aromatic rings. The van der Waals surface area contributed by atoms with E-state index in [4.69, 9.17) is 4.74 Å². The highest BCUT2D eigenvalue weighted by Gasteiger charge is 2.53. The first kappa shape index (κ1) is 20.1. The van der Waals surface area contributed by atoms with Crippen LogP contribution in [0.1, 0.15) is 18.4 Å². The first-order chi connectivity index (χ1) is 14.4. The van der Waals surface area contributed by atoms with Gasteiger partial charge in [-0.1, -0.05) is 12.1 Å². The van der Waals surface area contributed by atoms with E-state index in [2.05, 4.69) is 5.32 Å². The number of hydrogen-bond acceptors (Lipinski definition) is 3. The Balaban J connectivity index is 1.29. The van der Waals surface area contributed by atoms with Crippen molar-refractivity contribution in [2.45, 2.75) is 19.4 Å². The minimum atomic E-state index is -0.819. The number of piperidine rings is 1. The largest absolute Gasteiger partial charge is 0.497 e. The molecular weight excluding hydrogens is 392 g/mol. The van der Waals surface area contributed by atoms with Gasteiger partial charge in [0.15, 0.2) is 0 Å².